The monoisotopic (exact) mass is 812 g/mol. The first-order chi connectivity index (χ1) is 19.0. The summed E-state index contributed by atoms with van der Waals surface area (Å²) in [6, 6.07) is 0. The highest BCUT2D eigenvalue weighted by molar-refractivity contribution is 8.43. The van der Waals surface area contributed by atoms with E-state index in [0.717, 1.165) is 22.3 Å². The summed E-state index contributed by atoms with van der Waals surface area (Å²) in [5.41, 5.74) is 0. The number of hydrogen-bond donors (Lipinski definition) is 3. The second-order valence-electron chi connectivity index (χ2n) is 6.96. The standard InChI is InChI=1S/C23H24S16/c1-27-20-21(28-2)37-17(36-20)7-5-16-34-14(10-26)19(35-16)30-11-31-23-22(29-3)38-18(39-23)6-4-15-32-12(8-24)13(9-25)33-15/h4-7,24-26H,8-11H2,1-3H3/b16-5-,18-6-. The fourth-order valence-corrected chi connectivity index (χ4v) is 21.2. The highest BCUT2D eigenvalue weighted by Gasteiger charge is 2.25. The lowest BCUT2D eigenvalue weighted by Gasteiger charge is -2.04. The maximum absolute atomic E-state index is 4.63. The molecular weight excluding hydrogens is 789 g/mol. The number of thioether (sulfide) groups is 13. The number of rotatable bonds is 12. The van der Waals surface area contributed by atoms with Gasteiger partial charge in [0.1, 0.15) is 0 Å². The molecule has 0 aliphatic carbocycles. The van der Waals surface area contributed by atoms with Crippen LogP contribution < -0.4 is 0 Å². The van der Waals surface area contributed by atoms with Crippen LogP contribution in [0.25, 0.3) is 0 Å². The molecule has 4 aliphatic rings. The number of hydrogen-bond acceptors (Lipinski definition) is 16. The smallest absolute Gasteiger partial charge is 0.0667 e. The summed E-state index contributed by atoms with van der Waals surface area (Å²) in [5, 5.41) is 1.01. The molecule has 0 atom stereocenters. The van der Waals surface area contributed by atoms with Crippen molar-refractivity contribution >= 4 is 191 Å². The summed E-state index contributed by atoms with van der Waals surface area (Å²) in [7, 11) is 0. The van der Waals surface area contributed by atoms with Crippen LogP contribution in [-0.2, 0) is 0 Å². The Morgan fingerprint density at radius 2 is 0.795 bits per heavy atom. The molecule has 4 heterocycles. The Kier molecular flexibility index (Phi) is 16.9. The molecule has 4 aliphatic heterocycles. The van der Waals surface area contributed by atoms with Crippen LogP contribution in [0.1, 0.15) is 0 Å². The van der Waals surface area contributed by atoms with Gasteiger partial charge in [0, 0.05) is 41.3 Å². The van der Waals surface area contributed by atoms with Crippen molar-refractivity contribution in [2.45, 2.75) is 0 Å². The van der Waals surface area contributed by atoms with Gasteiger partial charge in [-0.05, 0) is 43.1 Å². The van der Waals surface area contributed by atoms with Gasteiger partial charge in [0.15, 0.2) is 0 Å². The Labute approximate surface area is 304 Å². The molecule has 0 fully saturated rings. The molecule has 0 nitrogen and oxygen atoms in total. The second kappa shape index (κ2) is 18.6. The van der Waals surface area contributed by atoms with E-state index in [1.54, 1.807) is 0 Å². The van der Waals surface area contributed by atoms with Crippen molar-refractivity contribution in [3.8, 4) is 0 Å². The van der Waals surface area contributed by atoms with Gasteiger partial charge < -0.3 is 0 Å². The van der Waals surface area contributed by atoms with Gasteiger partial charge in [-0.15, -0.1) is 58.8 Å². The van der Waals surface area contributed by atoms with Gasteiger partial charge >= 0.3 is 0 Å². The summed E-state index contributed by atoms with van der Waals surface area (Å²) in [4.78, 5) is 4.04. The summed E-state index contributed by atoms with van der Waals surface area (Å²) < 4.78 is 12.4. The minimum Gasteiger partial charge on any atom is -0.174 e. The maximum Gasteiger partial charge on any atom is 0.0667 e. The van der Waals surface area contributed by atoms with Crippen LogP contribution in [0.2, 0.25) is 0 Å². The lowest BCUT2D eigenvalue weighted by atomic mass is 10.6. The van der Waals surface area contributed by atoms with Gasteiger partial charge in [0.05, 0.1) is 33.9 Å². The Bertz CT molecular complexity index is 1070. The zero-order chi connectivity index (χ0) is 27.8. The molecule has 4 rings (SSSR count). The Balaban J connectivity index is 1.29. The SMILES string of the molecule is CSC1=C(SC)SC(=C/C=C2/SC(CS)=C(SCSC3=C(SC)S/C(=C/C=C4SC(CS)=C(CS)S4)S3)S2)S1. The van der Waals surface area contributed by atoms with Gasteiger partial charge in [0.25, 0.3) is 0 Å². The zero-order valence-corrected chi connectivity index (χ0v) is 34.1. The van der Waals surface area contributed by atoms with Crippen LogP contribution in [0.4, 0.5) is 0 Å². The normalized spacial score (nSPS) is 22.3. The van der Waals surface area contributed by atoms with Crippen LogP contribution in [0.3, 0.4) is 0 Å². The van der Waals surface area contributed by atoms with E-state index in [0.29, 0.717) is 0 Å². The molecule has 0 aromatic heterocycles. The van der Waals surface area contributed by atoms with Crippen molar-refractivity contribution < 1.29 is 0 Å². The van der Waals surface area contributed by atoms with E-state index in [1.165, 1.54) is 52.8 Å². The van der Waals surface area contributed by atoms with Crippen molar-refractivity contribution in [1.29, 1.82) is 0 Å². The Morgan fingerprint density at radius 1 is 0.462 bits per heavy atom. The molecule has 0 N–H and O–H groups in total. The molecule has 0 unspecified atom stereocenters. The molecule has 212 valence electrons. The number of thiol groups is 3. The second-order valence-corrected chi connectivity index (χ2v) is 23.7. The topological polar surface area (TPSA) is 0 Å². The molecule has 0 saturated heterocycles. The van der Waals surface area contributed by atoms with Crippen molar-refractivity contribution in [3.05, 3.63) is 77.2 Å². The third-order valence-corrected chi connectivity index (χ3v) is 23.3. The molecular formula is C23H24S16. The predicted molar refractivity (Wildman–Crippen MR) is 223 cm³/mol. The first-order valence-corrected chi connectivity index (χ1v) is 25.0. The highest BCUT2D eigenvalue weighted by atomic mass is 32.3. The van der Waals surface area contributed by atoms with E-state index < -0.39 is 0 Å². The minimum atomic E-state index is 0.784. The van der Waals surface area contributed by atoms with Crippen LogP contribution >= 0.6 is 191 Å². The molecule has 0 aromatic rings. The molecule has 0 spiro atoms. The molecule has 16 heteroatoms. The van der Waals surface area contributed by atoms with Gasteiger partial charge in [-0.2, -0.15) is 37.9 Å². The average molecular weight is 814 g/mol. The van der Waals surface area contributed by atoms with Crippen LogP contribution in [0.15, 0.2) is 77.2 Å². The molecule has 0 amide bonds. The number of allylic oxidation sites excluding steroid dienone is 4. The summed E-state index contributed by atoms with van der Waals surface area (Å²) in [6.07, 6.45) is 15.6. The van der Waals surface area contributed by atoms with Crippen LogP contribution in [-0.4, -0.2) is 41.1 Å². The van der Waals surface area contributed by atoms with Crippen molar-refractivity contribution in [2.24, 2.45) is 0 Å². The summed E-state index contributed by atoms with van der Waals surface area (Å²) in [6.45, 7) is 0. The Hall–Kier alpha value is 3.52. The molecule has 39 heavy (non-hydrogen) atoms. The highest BCUT2D eigenvalue weighted by Crippen LogP contribution is 2.60. The van der Waals surface area contributed by atoms with Gasteiger partial charge in [-0.1, -0.05) is 94.1 Å². The van der Waals surface area contributed by atoms with E-state index in [4.69, 9.17) is 0 Å². The zero-order valence-electron chi connectivity index (χ0n) is 20.8. The van der Waals surface area contributed by atoms with Gasteiger partial charge in [-0.25, -0.2) is 0 Å². The summed E-state index contributed by atoms with van der Waals surface area (Å²) >= 11 is 38.1. The van der Waals surface area contributed by atoms with E-state index in [-0.39, 0.29) is 0 Å². The fraction of sp³-hybridized carbons (Fsp3) is 0.304. The lowest BCUT2D eigenvalue weighted by Crippen LogP contribution is -1.80. The van der Waals surface area contributed by atoms with Crippen LogP contribution in [0, 0.1) is 0 Å². The molecule has 0 radical (unpaired) electrons. The third-order valence-electron chi connectivity index (χ3n) is 4.59. The quantitative estimate of drug-likeness (QED) is 0.127. The van der Waals surface area contributed by atoms with E-state index >= 15 is 0 Å². The average Bonchev–Trinajstić information content (AvgIpc) is 3.74. The molecule has 0 saturated carbocycles. The third kappa shape index (κ3) is 10.3. The fourth-order valence-electron chi connectivity index (χ4n) is 2.88. The van der Waals surface area contributed by atoms with Crippen LogP contribution in [0.5, 0.6) is 0 Å². The first kappa shape index (κ1) is 35.4. The van der Waals surface area contributed by atoms with Gasteiger partial charge in [-0.3, -0.25) is 0 Å². The van der Waals surface area contributed by atoms with Crippen molar-refractivity contribution in [3.63, 3.8) is 0 Å². The van der Waals surface area contributed by atoms with Crippen molar-refractivity contribution in [1.82, 2.24) is 0 Å². The van der Waals surface area contributed by atoms with E-state index in [9.17, 15) is 0 Å². The van der Waals surface area contributed by atoms with E-state index in [1.807, 2.05) is 153 Å². The minimum absolute atomic E-state index is 0.784. The molecule has 0 aromatic carbocycles. The van der Waals surface area contributed by atoms with E-state index in [2.05, 4.69) is 81.0 Å². The van der Waals surface area contributed by atoms with Crippen molar-refractivity contribution in [2.75, 3.05) is 41.1 Å². The lowest BCUT2D eigenvalue weighted by molar-refractivity contribution is 1.61. The summed E-state index contributed by atoms with van der Waals surface area (Å²) in [5.74, 6) is 2.36. The largest absolute Gasteiger partial charge is 0.174 e. The predicted octanol–water partition coefficient (Wildman–Crippen LogP) is 13.2. The molecule has 0 bridgehead atoms. The maximum atomic E-state index is 4.63. The van der Waals surface area contributed by atoms with Gasteiger partial charge in [0.2, 0.25) is 0 Å². The first-order valence-electron chi connectivity index (χ1n) is 10.9. The Morgan fingerprint density at radius 3 is 1.26 bits per heavy atom.